The summed E-state index contributed by atoms with van der Waals surface area (Å²) in [6.45, 7) is 7.32. The second-order valence-corrected chi connectivity index (χ2v) is 3.54. The van der Waals surface area contributed by atoms with Crippen LogP contribution >= 0.6 is 11.6 Å². The average molecular weight is 214 g/mol. The fourth-order valence-electron chi connectivity index (χ4n) is 1.15. The first kappa shape index (κ1) is 10.8. The van der Waals surface area contributed by atoms with Crippen molar-refractivity contribution < 1.29 is 4.79 Å². The fourth-order valence-corrected chi connectivity index (χ4v) is 1.22. The summed E-state index contributed by atoms with van der Waals surface area (Å²) >= 11 is 5.53. The van der Waals surface area contributed by atoms with Crippen LogP contribution in [0.3, 0.4) is 0 Å². The third-order valence-electron chi connectivity index (χ3n) is 1.80. The van der Waals surface area contributed by atoms with Gasteiger partial charge in [-0.2, -0.15) is 5.10 Å². The van der Waals surface area contributed by atoms with E-state index in [9.17, 15) is 4.79 Å². The molecule has 0 saturated heterocycles. The quantitative estimate of drug-likeness (QED) is 0.800. The molecule has 4 nitrogen and oxygen atoms in total. The summed E-state index contributed by atoms with van der Waals surface area (Å²) in [5.74, 6) is -0.185. The van der Waals surface area contributed by atoms with Gasteiger partial charge in [0.25, 0.3) is 5.91 Å². The molecule has 5 heteroatoms. The summed E-state index contributed by atoms with van der Waals surface area (Å²) in [7, 11) is 0. The maximum absolute atomic E-state index is 11.6. The number of halogens is 1. The van der Waals surface area contributed by atoms with E-state index in [4.69, 9.17) is 11.6 Å². The van der Waals surface area contributed by atoms with Crippen molar-refractivity contribution in [1.29, 1.82) is 0 Å². The summed E-state index contributed by atoms with van der Waals surface area (Å²) in [5, 5.41) is 9.70. The van der Waals surface area contributed by atoms with Crippen molar-refractivity contribution >= 4 is 17.5 Å². The highest BCUT2D eigenvalue weighted by Crippen LogP contribution is 2.08. The zero-order chi connectivity index (χ0) is 10.7. The van der Waals surface area contributed by atoms with Crippen LogP contribution in [0.25, 0.3) is 0 Å². The lowest BCUT2D eigenvalue weighted by atomic mass is 10.2. The Labute approximate surface area is 87.3 Å². The van der Waals surface area contributed by atoms with Gasteiger partial charge in [0.1, 0.15) is 0 Å². The van der Waals surface area contributed by atoms with E-state index in [-0.39, 0.29) is 12.5 Å². The number of aromatic nitrogens is 2. The van der Waals surface area contributed by atoms with Crippen molar-refractivity contribution in [3.05, 3.63) is 28.6 Å². The molecule has 0 aliphatic carbocycles. The maximum Gasteiger partial charge on any atom is 0.255 e. The second kappa shape index (κ2) is 4.28. The van der Waals surface area contributed by atoms with Gasteiger partial charge in [-0.1, -0.05) is 18.2 Å². The Morgan fingerprint density at radius 1 is 1.64 bits per heavy atom. The molecule has 0 fully saturated rings. The third-order valence-corrected chi connectivity index (χ3v) is 1.93. The standard InChI is InChI=1S/C9H12ClN3O/c1-5(10)4-11-9(14)8-6(2)12-13-7(8)3/h1,4H2,2-3H3,(H,11,14)(H,12,13). The van der Waals surface area contributed by atoms with E-state index in [2.05, 4.69) is 22.1 Å². The minimum atomic E-state index is -0.185. The third kappa shape index (κ3) is 2.35. The molecule has 1 amide bonds. The molecule has 1 rings (SSSR count). The van der Waals surface area contributed by atoms with Gasteiger partial charge in [0, 0.05) is 10.7 Å². The Hall–Kier alpha value is -1.29. The van der Waals surface area contributed by atoms with Gasteiger partial charge in [0.2, 0.25) is 0 Å². The average Bonchev–Trinajstić information content (AvgIpc) is 2.42. The highest BCUT2D eigenvalue weighted by atomic mass is 35.5. The molecule has 0 atom stereocenters. The molecule has 0 bridgehead atoms. The van der Waals surface area contributed by atoms with E-state index in [0.29, 0.717) is 16.3 Å². The first-order chi connectivity index (χ1) is 6.52. The van der Waals surface area contributed by atoms with Gasteiger partial charge in [-0.15, -0.1) is 0 Å². The molecule has 1 heterocycles. The molecule has 1 aromatic heterocycles. The minimum absolute atomic E-state index is 0.185. The number of nitrogens with one attached hydrogen (secondary N) is 2. The van der Waals surface area contributed by atoms with Gasteiger partial charge in [0.05, 0.1) is 17.8 Å². The first-order valence-electron chi connectivity index (χ1n) is 4.15. The number of rotatable bonds is 3. The van der Waals surface area contributed by atoms with Gasteiger partial charge >= 0.3 is 0 Å². The van der Waals surface area contributed by atoms with Crippen LogP contribution in [0.15, 0.2) is 11.6 Å². The Kier molecular flexibility index (Phi) is 3.30. The van der Waals surface area contributed by atoms with E-state index in [0.717, 1.165) is 5.69 Å². The van der Waals surface area contributed by atoms with Crippen LogP contribution in [0.4, 0.5) is 0 Å². The monoisotopic (exact) mass is 213 g/mol. The molecule has 0 unspecified atom stereocenters. The summed E-state index contributed by atoms with van der Waals surface area (Å²) in [6.07, 6.45) is 0. The number of carbonyl (C=O) groups excluding carboxylic acids is 1. The van der Waals surface area contributed by atoms with Gasteiger partial charge in [-0.3, -0.25) is 9.89 Å². The number of carbonyl (C=O) groups is 1. The van der Waals surface area contributed by atoms with Gasteiger partial charge < -0.3 is 5.32 Å². The van der Waals surface area contributed by atoms with E-state index >= 15 is 0 Å². The topological polar surface area (TPSA) is 57.8 Å². The van der Waals surface area contributed by atoms with Crippen LogP contribution in [0, 0.1) is 13.8 Å². The summed E-state index contributed by atoms with van der Waals surface area (Å²) < 4.78 is 0. The molecule has 76 valence electrons. The van der Waals surface area contributed by atoms with Crippen molar-refractivity contribution in [2.75, 3.05) is 6.54 Å². The van der Waals surface area contributed by atoms with Crippen molar-refractivity contribution in [3.63, 3.8) is 0 Å². The second-order valence-electron chi connectivity index (χ2n) is 3.01. The molecule has 0 saturated carbocycles. The van der Waals surface area contributed by atoms with E-state index in [1.807, 2.05) is 0 Å². The van der Waals surface area contributed by atoms with Crippen LogP contribution in [-0.4, -0.2) is 22.6 Å². The summed E-state index contributed by atoms with van der Waals surface area (Å²) in [5.41, 5.74) is 2.00. The largest absolute Gasteiger partial charge is 0.347 e. The number of nitrogens with zero attached hydrogens (tertiary/aromatic N) is 1. The molecule has 0 aromatic carbocycles. The van der Waals surface area contributed by atoms with Crippen molar-refractivity contribution in [2.45, 2.75) is 13.8 Å². The molecule has 0 aliphatic rings. The molecule has 14 heavy (non-hydrogen) atoms. The van der Waals surface area contributed by atoms with E-state index < -0.39 is 0 Å². The molecule has 0 spiro atoms. The van der Waals surface area contributed by atoms with Crippen molar-refractivity contribution in [3.8, 4) is 0 Å². The smallest absolute Gasteiger partial charge is 0.255 e. The lowest BCUT2D eigenvalue weighted by Gasteiger charge is -2.03. The lowest BCUT2D eigenvalue weighted by Crippen LogP contribution is -2.25. The molecule has 0 radical (unpaired) electrons. The molecule has 0 aliphatic heterocycles. The predicted molar refractivity (Wildman–Crippen MR) is 55.4 cm³/mol. The minimum Gasteiger partial charge on any atom is -0.347 e. The van der Waals surface area contributed by atoms with Gasteiger partial charge in [-0.05, 0) is 13.8 Å². The number of hydrogen-bond acceptors (Lipinski definition) is 2. The van der Waals surface area contributed by atoms with Crippen LogP contribution < -0.4 is 5.32 Å². The zero-order valence-electron chi connectivity index (χ0n) is 8.15. The maximum atomic E-state index is 11.6. The first-order valence-corrected chi connectivity index (χ1v) is 4.53. The fraction of sp³-hybridized carbons (Fsp3) is 0.333. The number of aromatic amines is 1. The Morgan fingerprint density at radius 2 is 2.29 bits per heavy atom. The summed E-state index contributed by atoms with van der Waals surface area (Å²) in [6, 6.07) is 0. The Bertz CT molecular complexity index is 351. The molecule has 1 aromatic rings. The molecular weight excluding hydrogens is 202 g/mol. The van der Waals surface area contributed by atoms with E-state index in [1.165, 1.54) is 0 Å². The van der Waals surface area contributed by atoms with Gasteiger partial charge in [0.15, 0.2) is 0 Å². The SMILES string of the molecule is C=C(Cl)CNC(=O)c1c(C)n[nH]c1C. The summed E-state index contributed by atoms with van der Waals surface area (Å²) in [4.78, 5) is 11.6. The number of amides is 1. The van der Waals surface area contributed by atoms with Crippen molar-refractivity contribution in [2.24, 2.45) is 0 Å². The van der Waals surface area contributed by atoms with Gasteiger partial charge in [-0.25, -0.2) is 0 Å². The molecule has 2 N–H and O–H groups in total. The normalized spacial score (nSPS) is 9.93. The highest BCUT2D eigenvalue weighted by molar-refractivity contribution is 6.29. The van der Waals surface area contributed by atoms with Crippen LogP contribution in [-0.2, 0) is 0 Å². The Morgan fingerprint density at radius 3 is 2.71 bits per heavy atom. The van der Waals surface area contributed by atoms with Crippen LogP contribution in [0.1, 0.15) is 21.7 Å². The van der Waals surface area contributed by atoms with Crippen LogP contribution in [0.2, 0.25) is 0 Å². The lowest BCUT2D eigenvalue weighted by molar-refractivity contribution is 0.0956. The number of hydrogen-bond donors (Lipinski definition) is 2. The van der Waals surface area contributed by atoms with Crippen LogP contribution in [0.5, 0.6) is 0 Å². The van der Waals surface area contributed by atoms with E-state index in [1.54, 1.807) is 13.8 Å². The van der Waals surface area contributed by atoms with Crippen molar-refractivity contribution in [1.82, 2.24) is 15.5 Å². The zero-order valence-corrected chi connectivity index (χ0v) is 8.90. The predicted octanol–water partition coefficient (Wildman–Crippen LogP) is 1.51. The highest BCUT2D eigenvalue weighted by Gasteiger charge is 2.14. The number of H-pyrrole nitrogens is 1. The number of aryl methyl sites for hydroxylation is 2. The Balaban J connectivity index is 2.74. The molecular formula is C9H12ClN3O.